The number of aryl methyl sites for hydroxylation is 1. The summed E-state index contributed by atoms with van der Waals surface area (Å²) in [6.45, 7) is 11.9. The number of rotatable bonds is 9. The molecule has 1 aromatic heterocycles. The quantitative estimate of drug-likeness (QED) is 0.555. The van der Waals surface area contributed by atoms with Crippen LogP contribution < -0.4 is 0 Å². The maximum Gasteiger partial charge on any atom is 0.242 e. The van der Waals surface area contributed by atoms with Crippen LogP contribution in [0.5, 0.6) is 0 Å². The van der Waals surface area contributed by atoms with Crippen molar-refractivity contribution in [3.05, 3.63) is 39.2 Å². The Balaban J connectivity index is 1.57. The first-order valence-corrected chi connectivity index (χ1v) is 11.7. The zero-order chi connectivity index (χ0) is 20.8. The van der Waals surface area contributed by atoms with Gasteiger partial charge in [-0.2, -0.15) is 0 Å². The number of benzene rings is 1. The van der Waals surface area contributed by atoms with Gasteiger partial charge in [0, 0.05) is 25.0 Å². The van der Waals surface area contributed by atoms with Gasteiger partial charge in [-0.05, 0) is 44.2 Å². The first-order chi connectivity index (χ1) is 14.0. The van der Waals surface area contributed by atoms with Gasteiger partial charge in [0.05, 0.1) is 18.4 Å². The molecule has 1 amide bonds. The van der Waals surface area contributed by atoms with Gasteiger partial charge in [0.15, 0.2) is 3.95 Å². The van der Waals surface area contributed by atoms with Crippen LogP contribution in [0.25, 0.3) is 11.3 Å². The van der Waals surface area contributed by atoms with E-state index >= 15 is 0 Å². The van der Waals surface area contributed by atoms with Gasteiger partial charge >= 0.3 is 0 Å². The molecule has 0 radical (unpaired) electrons. The van der Waals surface area contributed by atoms with E-state index in [0.29, 0.717) is 6.54 Å². The first kappa shape index (κ1) is 22.2. The fourth-order valence-corrected chi connectivity index (χ4v) is 4.72. The zero-order valence-corrected chi connectivity index (χ0v) is 19.2. The Labute approximate surface area is 182 Å². The van der Waals surface area contributed by atoms with Gasteiger partial charge in [-0.3, -0.25) is 4.79 Å². The molecule has 0 bridgehead atoms. The van der Waals surface area contributed by atoms with Crippen LogP contribution >= 0.6 is 23.6 Å². The van der Waals surface area contributed by atoms with Crippen molar-refractivity contribution < 1.29 is 9.53 Å². The average molecular weight is 434 g/mol. The van der Waals surface area contributed by atoms with Gasteiger partial charge in [0.25, 0.3) is 0 Å². The monoisotopic (exact) mass is 433 g/mol. The lowest BCUT2D eigenvalue weighted by Gasteiger charge is -2.20. The summed E-state index contributed by atoms with van der Waals surface area (Å²) in [5.41, 5.74) is 3.32. The van der Waals surface area contributed by atoms with Crippen molar-refractivity contribution in [2.75, 3.05) is 39.3 Å². The summed E-state index contributed by atoms with van der Waals surface area (Å²) in [7, 11) is 0. The Bertz CT molecular complexity index is 856. The molecule has 0 aliphatic carbocycles. The van der Waals surface area contributed by atoms with Crippen LogP contribution in [0.15, 0.2) is 29.6 Å². The molecule has 2 aromatic rings. The van der Waals surface area contributed by atoms with E-state index in [1.165, 1.54) is 16.9 Å². The van der Waals surface area contributed by atoms with E-state index in [0.717, 1.165) is 54.4 Å². The number of amides is 1. The Kier molecular flexibility index (Phi) is 8.00. The van der Waals surface area contributed by atoms with Crippen molar-refractivity contribution in [3.8, 4) is 11.3 Å². The lowest BCUT2D eigenvalue weighted by atomic mass is 10.1. The second-order valence-corrected chi connectivity index (χ2v) is 8.99. The first-order valence-electron chi connectivity index (χ1n) is 10.4. The van der Waals surface area contributed by atoms with Crippen LogP contribution in [0.3, 0.4) is 0 Å². The molecule has 29 heavy (non-hydrogen) atoms. The number of carbonyl (C=O) groups excluding carboxylic acids is 1. The summed E-state index contributed by atoms with van der Waals surface area (Å²) < 4.78 is 8.72. The highest BCUT2D eigenvalue weighted by Crippen LogP contribution is 2.25. The van der Waals surface area contributed by atoms with E-state index < -0.39 is 0 Å². The van der Waals surface area contributed by atoms with Crippen molar-refractivity contribution in [3.63, 3.8) is 0 Å². The standard InChI is InChI=1S/C22H31N3O2S2/c1-4-23(5-2)12-13-27-19-10-11-24(14-19)21(26)15-25-20(16-29-22(25)28)18-8-6-17(3)7-9-18/h6-9,16,19H,4-5,10-15H2,1-3H3. The fraction of sp³-hybridized carbons (Fsp3) is 0.545. The van der Waals surface area contributed by atoms with E-state index in [9.17, 15) is 4.79 Å². The second-order valence-electron chi connectivity index (χ2n) is 7.49. The molecule has 2 heterocycles. The molecule has 1 saturated heterocycles. The van der Waals surface area contributed by atoms with E-state index in [1.54, 1.807) is 0 Å². The van der Waals surface area contributed by atoms with Crippen LogP contribution in [0.4, 0.5) is 0 Å². The smallest absolute Gasteiger partial charge is 0.242 e. The molecule has 5 nitrogen and oxygen atoms in total. The van der Waals surface area contributed by atoms with Crippen molar-refractivity contribution in [1.82, 2.24) is 14.4 Å². The molecule has 0 N–H and O–H groups in total. The number of likely N-dealkylation sites (N-methyl/N-ethyl adjacent to an activating group) is 1. The van der Waals surface area contributed by atoms with Gasteiger partial charge in [-0.1, -0.05) is 43.7 Å². The number of thiazole rings is 1. The SMILES string of the molecule is CCN(CC)CCOC1CCN(C(=O)Cn2c(-c3ccc(C)cc3)csc2=S)C1. The van der Waals surface area contributed by atoms with Crippen LogP contribution in [0, 0.1) is 10.9 Å². The summed E-state index contributed by atoms with van der Waals surface area (Å²) in [6.07, 6.45) is 1.05. The average Bonchev–Trinajstić information content (AvgIpc) is 3.33. The number of carbonyl (C=O) groups is 1. The van der Waals surface area contributed by atoms with Gasteiger partial charge < -0.3 is 19.1 Å². The predicted octanol–water partition coefficient (Wildman–Crippen LogP) is 4.21. The fourth-order valence-electron chi connectivity index (χ4n) is 3.64. The predicted molar refractivity (Wildman–Crippen MR) is 122 cm³/mol. The molecular formula is C22H31N3O2S2. The Hall–Kier alpha value is -1.54. The lowest BCUT2D eigenvalue weighted by molar-refractivity contribution is -0.131. The topological polar surface area (TPSA) is 37.7 Å². The molecular weight excluding hydrogens is 402 g/mol. The number of likely N-dealkylation sites (tertiary alicyclic amines) is 1. The molecule has 1 fully saturated rings. The van der Waals surface area contributed by atoms with Gasteiger partial charge in [0.2, 0.25) is 5.91 Å². The van der Waals surface area contributed by atoms with Crippen LogP contribution in [-0.2, 0) is 16.1 Å². The van der Waals surface area contributed by atoms with E-state index in [4.69, 9.17) is 17.0 Å². The van der Waals surface area contributed by atoms with Gasteiger partial charge in [0.1, 0.15) is 6.54 Å². The largest absolute Gasteiger partial charge is 0.375 e. The summed E-state index contributed by atoms with van der Waals surface area (Å²) >= 11 is 7.01. The number of nitrogens with zero attached hydrogens (tertiary/aromatic N) is 3. The lowest BCUT2D eigenvalue weighted by Crippen LogP contribution is -2.34. The third-order valence-electron chi connectivity index (χ3n) is 5.58. The summed E-state index contributed by atoms with van der Waals surface area (Å²) in [6, 6.07) is 8.34. The highest BCUT2D eigenvalue weighted by molar-refractivity contribution is 7.73. The maximum atomic E-state index is 12.9. The van der Waals surface area contributed by atoms with Gasteiger partial charge in [-0.25, -0.2) is 0 Å². The number of hydrogen-bond donors (Lipinski definition) is 0. The minimum Gasteiger partial charge on any atom is -0.375 e. The molecule has 7 heteroatoms. The summed E-state index contributed by atoms with van der Waals surface area (Å²) in [5, 5.41) is 2.05. The number of ether oxygens (including phenoxy) is 1. The molecule has 1 aliphatic rings. The zero-order valence-electron chi connectivity index (χ0n) is 17.6. The number of hydrogen-bond acceptors (Lipinski definition) is 5. The van der Waals surface area contributed by atoms with Crippen LogP contribution in [0.2, 0.25) is 0 Å². The Morgan fingerprint density at radius 3 is 2.69 bits per heavy atom. The molecule has 0 saturated carbocycles. The minimum atomic E-state index is 0.114. The molecule has 1 atom stereocenters. The van der Waals surface area contributed by atoms with Crippen molar-refractivity contribution >= 4 is 29.5 Å². The van der Waals surface area contributed by atoms with Crippen LogP contribution in [0.1, 0.15) is 25.8 Å². The third-order valence-corrected chi connectivity index (χ3v) is 6.85. The highest BCUT2D eigenvalue weighted by atomic mass is 32.1. The highest BCUT2D eigenvalue weighted by Gasteiger charge is 2.27. The number of aromatic nitrogens is 1. The van der Waals surface area contributed by atoms with E-state index in [2.05, 4.69) is 49.9 Å². The Morgan fingerprint density at radius 2 is 2.00 bits per heavy atom. The Morgan fingerprint density at radius 1 is 1.28 bits per heavy atom. The van der Waals surface area contributed by atoms with Crippen molar-refractivity contribution in [2.45, 2.75) is 39.8 Å². The molecule has 1 aliphatic heterocycles. The maximum absolute atomic E-state index is 12.9. The normalized spacial score (nSPS) is 16.7. The molecule has 3 rings (SSSR count). The van der Waals surface area contributed by atoms with Gasteiger partial charge in [-0.15, -0.1) is 11.3 Å². The van der Waals surface area contributed by atoms with Crippen LogP contribution in [-0.4, -0.2) is 65.7 Å². The third kappa shape index (κ3) is 5.75. The van der Waals surface area contributed by atoms with E-state index in [-0.39, 0.29) is 18.6 Å². The molecule has 0 spiro atoms. The van der Waals surface area contributed by atoms with Crippen molar-refractivity contribution in [2.24, 2.45) is 0 Å². The minimum absolute atomic E-state index is 0.114. The molecule has 1 aromatic carbocycles. The summed E-state index contributed by atoms with van der Waals surface area (Å²) in [5.74, 6) is 0.114. The second kappa shape index (κ2) is 10.5. The van der Waals surface area contributed by atoms with Crippen molar-refractivity contribution in [1.29, 1.82) is 0 Å². The summed E-state index contributed by atoms with van der Waals surface area (Å²) in [4.78, 5) is 17.2. The molecule has 1 unspecified atom stereocenters. The molecule has 158 valence electrons. The van der Waals surface area contributed by atoms with E-state index in [1.807, 2.05) is 14.8 Å².